The summed E-state index contributed by atoms with van der Waals surface area (Å²) in [5.41, 5.74) is 1.78. The lowest BCUT2D eigenvalue weighted by Crippen LogP contribution is -2.33. The number of methoxy groups -OCH3 is 1. The van der Waals surface area contributed by atoms with E-state index >= 15 is 0 Å². The van der Waals surface area contributed by atoms with Crippen LogP contribution in [0.25, 0.3) is 0 Å². The zero-order valence-corrected chi connectivity index (χ0v) is 13.0. The molecule has 0 unspecified atom stereocenters. The number of nitrogens with zero attached hydrogens (tertiary/aromatic N) is 2. The van der Waals surface area contributed by atoms with Gasteiger partial charge in [0.2, 0.25) is 0 Å². The van der Waals surface area contributed by atoms with Gasteiger partial charge in [-0.25, -0.2) is 0 Å². The fourth-order valence-electron chi connectivity index (χ4n) is 2.61. The van der Waals surface area contributed by atoms with Gasteiger partial charge in [0.25, 0.3) is 0 Å². The van der Waals surface area contributed by atoms with Gasteiger partial charge in [-0.15, -0.1) is 0 Å². The first-order valence-corrected chi connectivity index (χ1v) is 7.61. The van der Waals surface area contributed by atoms with Gasteiger partial charge in [-0.1, -0.05) is 12.1 Å². The molecule has 0 radical (unpaired) electrons. The zero-order valence-electron chi connectivity index (χ0n) is 13.0. The molecule has 0 saturated carbocycles. The van der Waals surface area contributed by atoms with E-state index in [-0.39, 0.29) is 12.1 Å². The Morgan fingerprint density at radius 3 is 2.82 bits per heavy atom. The molecule has 2 rings (SSSR count). The van der Waals surface area contributed by atoms with Crippen LogP contribution in [0.4, 0.5) is 0 Å². The largest absolute Gasteiger partial charge is 0.469 e. The summed E-state index contributed by atoms with van der Waals surface area (Å²) >= 11 is 0. The Morgan fingerprint density at radius 2 is 2.23 bits per heavy atom. The molecule has 0 amide bonds. The number of carbonyl (C=O) groups is 1. The van der Waals surface area contributed by atoms with Crippen molar-refractivity contribution in [2.75, 3.05) is 26.8 Å². The zero-order chi connectivity index (χ0) is 15.8. The quantitative estimate of drug-likeness (QED) is 0.722. The topological polar surface area (TPSA) is 62.6 Å². The molecule has 118 valence electrons. The van der Waals surface area contributed by atoms with E-state index in [2.05, 4.69) is 11.0 Å². The molecule has 0 aliphatic carbocycles. The molecule has 22 heavy (non-hydrogen) atoms. The first-order chi connectivity index (χ1) is 10.7. The smallest absolute Gasteiger partial charge is 0.306 e. The minimum absolute atomic E-state index is 0.197. The van der Waals surface area contributed by atoms with Crippen molar-refractivity contribution in [2.24, 2.45) is 0 Å². The van der Waals surface area contributed by atoms with Crippen molar-refractivity contribution in [3.8, 4) is 6.07 Å². The molecule has 1 aliphatic rings. The van der Waals surface area contributed by atoms with Crippen LogP contribution in [0.1, 0.15) is 30.4 Å². The predicted octanol–water partition coefficient (Wildman–Crippen LogP) is 2.10. The van der Waals surface area contributed by atoms with Crippen molar-refractivity contribution in [3.63, 3.8) is 0 Å². The molecule has 5 nitrogen and oxygen atoms in total. The van der Waals surface area contributed by atoms with Gasteiger partial charge in [-0.05, 0) is 30.5 Å². The minimum Gasteiger partial charge on any atom is -0.469 e. The Kier molecular flexibility index (Phi) is 6.38. The van der Waals surface area contributed by atoms with Crippen LogP contribution in [-0.2, 0) is 20.8 Å². The van der Waals surface area contributed by atoms with Crippen LogP contribution >= 0.6 is 0 Å². The number of hydrogen-bond acceptors (Lipinski definition) is 5. The van der Waals surface area contributed by atoms with Crippen molar-refractivity contribution < 1.29 is 14.3 Å². The molecule has 1 heterocycles. The van der Waals surface area contributed by atoms with Crippen LogP contribution in [0.2, 0.25) is 0 Å². The van der Waals surface area contributed by atoms with Crippen molar-refractivity contribution in [1.82, 2.24) is 4.90 Å². The molecule has 1 fully saturated rings. The molecule has 1 aliphatic heterocycles. The first kappa shape index (κ1) is 16.5. The number of hydrogen-bond donors (Lipinski definition) is 0. The summed E-state index contributed by atoms with van der Waals surface area (Å²) in [6.07, 6.45) is 2.80. The lowest BCUT2D eigenvalue weighted by molar-refractivity contribution is -0.141. The van der Waals surface area contributed by atoms with Gasteiger partial charge in [0.05, 0.1) is 31.3 Å². The average Bonchev–Trinajstić information content (AvgIpc) is 3.06. The third kappa shape index (κ3) is 5.14. The van der Waals surface area contributed by atoms with E-state index in [0.29, 0.717) is 18.5 Å². The summed E-state index contributed by atoms with van der Waals surface area (Å²) in [7, 11) is 1.41. The molecule has 5 heteroatoms. The van der Waals surface area contributed by atoms with Gasteiger partial charge in [0.15, 0.2) is 0 Å². The highest BCUT2D eigenvalue weighted by atomic mass is 16.5. The van der Waals surface area contributed by atoms with Crippen LogP contribution in [0, 0.1) is 11.3 Å². The average molecular weight is 302 g/mol. The Hall–Kier alpha value is -1.90. The van der Waals surface area contributed by atoms with Crippen molar-refractivity contribution in [2.45, 2.75) is 31.9 Å². The van der Waals surface area contributed by atoms with Gasteiger partial charge in [-0.2, -0.15) is 5.26 Å². The van der Waals surface area contributed by atoms with E-state index in [4.69, 9.17) is 14.7 Å². The Morgan fingerprint density at radius 1 is 1.45 bits per heavy atom. The van der Waals surface area contributed by atoms with E-state index < -0.39 is 0 Å². The van der Waals surface area contributed by atoms with Crippen molar-refractivity contribution >= 4 is 5.97 Å². The highest BCUT2D eigenvalue weighted by molar-refractivity contribution is 5.69. The number of benzene rings is 1. The van der Waals surface area contributed by atoms with Gasteiger partial charge in [0.1, 0.15) is 0 Å². The minimum atomic E-state index is -0.197. The molecule has 1 aromatic carbocycles. The van der Waals surface area contributed by atoms with Crippen LogP contribution in [0.5, 0.6) is 0 Å². The van der Waals surface area contributed by atoms with E-state index in [0.717, 1.165) is 38.1 Å². The summed E-state index contributed by atoms with van der Waals surface area (Å²) < 4.78 is 10.4. The summed E-state index contributed by atoms with van der Waals surface area (Å²) in [6.45, 7) is 3.03. The van der Waals surface area contributed by atoms with Crippen LogP contribution in [-0.4, -0.2) is 43.8 Å². The second-order valence-corrected chi connectivity index (χ2v) is 5.51. The highest BCUT2D eigenvalue weighted by Gasteiger charge is 2.20. The van der Waals surface area contributed by atoms with Crippen molar-refractivity contribution in [3.05, 3.63) is 35.4 Å². The maximum Gasteiger partial charge on any atom is 0.306 e. The standard InChI is InChI=1S/C17H22N2O3/c1-21-17(20)8-9-19(13-16-3-2-10-22-16)12-15-6-4-14(11-18)5-7-15/h4-7,16H,2-3,8-10,12-13H2,1H3/t16-/m0/s1. The number of carbonyl (C=O) groups excluding carboxylic acids is 1. The molecule has 0 bridgehead atoms. The molecule has 0 aromatic heterocycles. The predicted molar refractivity (Wildman–Crippen MR) is 82.0 cm³/mol. The van der Waals surface area contributed by atoms with E-state index in [1.54, 1.807) is 0 Å². The number of esters is 1. The van der Waals surface area contributed by atoms with E-state index in [1.165, 1.54) is 7.11 Å². The van der Waals surface area contributed by atoms with E-state index in [1.807, 2.05) is 24.3 Å². The summed E-state index contributed by atoms with van der Waals surface area (Å²) in [5.74, 6) is -0.197. The van der Waals surface area contributed by atoms with Crippen molar-refractivity contribution in [1.29, 1.82) is 5.26 Å². The Balaban J connectivity index is 1.95. The fourth-order valence-corrected chi connectivity index (χ4v) is 2.61. The third-order valence-corrected chi connectivity index (χ3v) is 3.83. The Labute approximate surface area is 131 Å². The molecule has 0 spiro atoms. The monoisotopic (exact) mass is 302 g/mol. The maximum atomic E-state index is 11.4. The van der Waals surface area contributed by atoms with Crippen LogP contribution in [0.15, 0.2) is 24.3 Å². The normalized spacial score (nSPS) is 17.4. The number of rotatable bonds is 7. The molecule has 1 aromatic rings. The summed E-state index contributed by atoms with van der Waals surface area (Å²) in [4.78, 5) is 13.6. The highest BCUT2D eigenvalue weighted by Crippen LogP contribution is 2.15. The lowest BCUT2D eigenvalue weighted by atomic mass is 10.1. The molecule has 1 atom stereocenters. The second kappa shape index (κ2) is 8.52. The maximum absolute atomic E-state index is 11.4. The molecule has 1 saturated heterocycles. The number of ether oxygens (including phenoxy) is 2. The van der Waals surface area contributed by atoms with Crippen LogP contribution < -0.4 is 0 Å². The van der Waals surface area contributed by atoms with Crippen LogP contribution in [0.3, 0.4) is 0 Å². The van der Waals surface area contributed by atoms with Gasteiger partial charge < -0.3 is 9.47 Å². The second-order valence-electron chi connectivity index (χ2n) is 5.51. The molecule has 0 N–H and O–H groups in total. The van der Waals surface area contributed by atoms with Gasteiger partial charge in [-0.3, -0.25) is 9.69 Å². The molecular formula is C17H22N2O3. The Bertz CT molecular complexity index is 516. The fraction of sp³-hybridized carbons (Fsp3) is 0.529. The lowest BCUT2D eigenvalue weighted by Gasteiger charge is -2.25. The third-order valence-electron chi connectivity index (χ3n) is 3.83. The van der Waals surface area contributed by atoms with Gasteiger partial charge in [0, 0.05) is 26.2 Å². The SMILES string of the molecule is COC(=O)CCN(Cc1ccc(C#N)cc1)C[C@@H]1CCCO1. The summed E-state index contributed by atoms with van der Waals surface area (Å²) in [5, 5.41) is 8.84. The van der Waals surface area contributed by atoms with Gasteiger partial charge >= 0.3 is 5.97 Å². The summed E-state index contributed by atoms with van der Waals surface area (Å²) in [6, 6.07) is 9.67. The first-order valence-electron chi connectivity index (χ1n) is 7.61. The number of nitriles is 1. The van der Waals surface area contributed by atoms with E-state index in [9.17, 15) is 4.79 Å². The molecular weight excluding hydrogens is 280 g/mol.